The van der Waals surface area contributed by atoms with E-state index >= 15 is 0 Å². The Morgan fingerprint density at radius 2 is 1.27 bits per heavy atom. The van der Waals surface area contributed by atoms with Crippen LogP contribution in [0.2, 0.25) is 0 Å². The van der Waals surface area contributed by atoms with Gasteiger partial charge < -0.3 is 9.47 Å². The minimum atomic E-state index is -4.08. The molecule has 3 aliphatic rings. The molecule has 7 heteroatoms. The van der Waals surface area contributed by atoms with Gasteiger partial charge in [0.25, 0.3) is 0 Å². The molecule has 0 amide bonds. The first-order valence-electron chi connectivity index (χ1n) is 9.53. The first-order chi connectivity index (χ1) is 12.0. The summed E-state index contributed by atoms with van der Waals surface area (Å²) in [5.41, 5.74) is -0.127. The van der Waals surface area contributed by atoms with Crippen molar-refractivity contribution in [3.63, 3.8) is 0 Å². The van der Waals surface area contributed by atoms with Crippen molar-refractivity contribution < 1.29 is 31.8 Å². The van der Waals surface area contributed by atoms with E-state index in [-0.39, 0.29) is 62.6 Å². The topological polar surface area (TPSA) is 35.5 Å². The van der Waals surface area contributed by atoms with Crippen molar-refractivity contribution in [1.82, 2.24) is 0 Å². The van der Waals surface area contributed by atoms with Gasteiger partial charge in [-0.25, -0.2) is 0 Å². The molecule has 2 saturated carbocycles. The summed E-state index contributed by atoms with van der Waals surface area (Å²) in [6.45, 7) is 4.94. The number of carbonyl (C=O) groups excluding carboxylic acids is 1. The zero-order valence-corrected chi connectivity index (χ0v) is 15.5. The predicted molar refractivity (Wildman–Crippen MR) is 87.2 cm³/mol. The van der Waals surface area contributed by atoms with Gasteiger partial charge in [0.15, 0.2) is 5.79 Å². The Morgan fingerprint density at radius 3 is 1.73 bits per heavy atom. The second-order valence-electron chi connectivity index (χ2n) is 8.99. The first-order valence-corrected chi connectivity index (χ1v) is 9.53. The summed E-state index contributed by atoms with van der Waals surface area (Å²) in [6.07, 6.45) is -0.0313. The maximum Gasteiger partial charge on any atom is 0.313 e. The molecule has 26 heavy (non-hydrogen) atoms. The highest BCUT2D eigenvalue weighted by Crippen LogP contribution is 2.54. The van der Waals surface area contributed by atoms with Gasteiger partial charge in [0.1, 0.15) is 5.78 Å². The molecule has 0 aromatic heterocycles. The number of Topliss-reactive ketones (excluding diaryl/α,β-unsaturated/α-hetero) is 1. The largest absolute Gasteiger partial charge is 0.349 e. The van der Waals surface area contributed by atoms with Gasteiger partial charge in [-0.05, 0) is 25.7 Å². The van der Waals surface area contributed by atoms with Crippen LogP contribution < -0.4 is 0 Å². The Labute approximate surface area is 151 Å². The molecule has 0 N–H and O–H groups in total. The number of hydrogen-bond acceptors (Lipinski definition) is 3. The highest BCUT2D eigenvalue weighted by atomic mass is 19.3. The van der Waals surface area contributed by atoms with Crippen LogP contribution in [0.3, 0.4) is 0 Å². The molecule has 0 aromatic carbocycles. The lowest BCUT2D eigenvalue weighted by Gasteiger charge is -2.48. The molecule has 1 spiro atoms. The molecule has 0 radical (unpaired) electrons. The van der Waals surface area contributed by atoms with Crippen LogP contribution in [0.4, 0.5) is 17.6 Å². The van der Waals surface area contributed by atoms with Crippen LogP contribution in [0.5, 0.6) is 0 Å². The smallest absolute Gasteiger partial charge is 0.313 e. The SMILES string of the molecule is CC1(C)COC2(CCC(C(F)(F)C(F)(F)C3CCC(=O)CC3)CC2)OC1. The molecule has 0 aromatic rings. The number of ketones is 1. The molecular formula is C19H28F4O3. The Kier molecular flexibility index (Phi) is 5.19. The number of hydrogen-bond donors (Lipinski definition) is 0. The normalized spacial score (nSPS) is 28.5. The summed E-state index contributed by atoms with van der Waals surface area (Å²) in [4.78, 5) is 11.2. The third kappa shape index (κ3) is 3.66. The second kappa shape index (κ2) is 6.73. The maximum absolute atomic E-state index is 14.7. The van der Waals surface area contributed by atoms with Crippen LogP contribution in [0.25, 0.3) is 0 Å². The Morgan fingerprint density at radius 1 is 0.846 bits per heavy atom. The number of carbonyl (C=O) groups is 1. The minimum Gasteiger partial charge on any atom is -0.349 e. The van der Waals surface area contributed by atoms with E-state index in [4.69, 9.17) is 9.47 Å². The zero-order valence-electron chi connectivity index (χ0n) is 15.5. The fourth-order valence-corrected chi connectivity index (χ4v) is 4.29. The lowest BCUT2D eigenvalue weighted by atomic mass is 9.73. The molecule has 3 fully saturated rings. The van der Waals surface area contributed by atoms with E-state index in [2.05, 4.69) is 0 Å². The van der Waals surface area contributed by atoms with Crippen molar-refractivity contribution in [3.05, 3.63) is 0 Å². The summed E-state index contributed by atoms with van der Waals surface area (Å²) >= 11 is 0. The molecule has 1 heterocycles. The molecule has 150 valence electrons. The summed E-state index contributed by atoms with van der Waals surface area (Å²) in [7, 11) is 0. The number of rotatable bonds is 3. The minimum absolute atomic E-state index is 0.0262. The van der Waals surface area contributed by atoms with Crippen molar-refractivity contribution in [2.24, 2.45) is 17.3 Å². The fraction of sp³-hybridized carbons (Fsp3) is 0.947. The van der Waals surface area contributed by atoms with Crippen molar-refractivity contribution in [3.8, 4) is 0 Å². The Hall–Kier alpha value is -0.690. The van der Waals surface area contributed by atoms with E-state index in [0.29, 0.717) is 13.2 Å². The standard InChI is InChI=1S/C19H28F4O3/c1-16(2)11-25-17(26-12-16)9-7-14(8-10-17)19(22,23)18(20,21)13-3-5-15(24)6-4-13/h13-14H,3-12H2,1-2H3. The third-order valence-electron chi connectivity index (χ3n) is 6.21. The van der Waals surface area contributed by atoms with Crippen molar-refractivity contribution in [1.29, 1.82) is 0 Å². The number of halogens is 4. The summed E-state index contributed by atoms with van der Waals surface area (Å²) in [5, 5.41) is 0. The molecule has 3 nitrogen and oxygen atoms in total. The van der Waals surface area contributed by atoms with E-state index in [1.807, 2.05) is 13.8 Å². The third-order valence-corrected chi connectivity index (χ3v) is 6.21. The van der Waals surface area contributed by atoms with Crippen molar-refractivity contribution in [2.45, 2.75) is 82.8 Å². The molecule has 0 bridgehead atoms. The van der Waals surface area contributed by atoms with E-state index in [9.17, 15) is 22.4 Å². The van der Waals surface area contributed by atoms with Crippen LogP contribution in [0, 0.1) is 17.3 Å². The quantitative estimate of drug-likeness (QED) is 0.648. The Balaban J connectivity index is 1.63. The fourth-order valence-electron chi connectivity index (χ4n) is 4.29. The van der Waals surface area contributed by atoms with E-state index in [1.54, 1.807) is 0 Å². The lowest BCUT2D eigenvalue weighted by molar-refractivity contribution is -0.326. The molecule has 1 aliphatic heterocycles. The molecule has 2 aliphatic carbocycles. The second-order valence-corrected chi connectivity index (χ2v) is 8.99. The van der Waals surface area contributed by atoms with Crippen LogP contribution in [-0.4, -0.2) is 36.6 Å². The molecular weight excluding hydrogens is 352 g/mol. The van der Waals surface area contributed by atoms with Gasteiger partial charge in [0, 0.05) is 42.9 Å². The van der Waals surface area contributed by atoms with Crippen LogP contribution in [0.1, 0.15) is 65.2 Å². The molecule has 1 saturated heterocycles. The summed E-state index contributed by atoms with van der Waals surface area (Å²) < 4.78 is 70.3. The van der Waals surface area contributed by atoms with Gasteiger partial charge in [-0.3, -0.25) is 4.79 Å². The number of alkyl halides is 4. The van der Waals surface area contributed by atoms with Crippen LogP contribution >= 0.6 is 0 Å². The highest BCUT2D eigenvalue weighted by Gasteiger charge is 2.65. The molecule has 0 atom stereocenters. The molecule has 0 unspecified atom stereocenters. The van der Waals surface area contributed by atoms with Gasteiger partial charge in [-0.15, -0.1) is 0 Å². The van der Waals surface area contributed by atoms with Gasteiger partial charge in [0.2, 0.25) is 0 Å². The summed E-state index contributed by atoms with van der Waals surface area (Å²) in [5.74, 6) is -12.0. The van der Waals surface area contributed by atoms with Crippen molar-refractivity contribution in [2.75, 3.05) is 13.2 Å². The van der Waals surface area contributed by atoms with Gasteiger partial charge >= 0.3 is 11.8 Å². The summed E-state index contributed by atoms with van der Waals surface area (Å²) in [6, 6.07) is 0. The monoisotopic (exact) mass is 380 g/mol. The average Bonchev–Trinajstić information content (AvgIpc) is 2.59. The van der Waals surface area contributed by atoms with E-state index in [0.717, 1.165) is 0 Å². The van der Waals surface area contributed by atoms with Gasteiger partial charge in [-0.1, -0.05) is 13.8 Å². The zero-order chi connectivity index (χ0) is 19.2. The lowest BCUT2D eigenvalue weighted by Crippen LogP contribution is -2.55. The van der Waals surface area contributed by atoms with Gasteiger partial charge in [0.05, 0.1) is 13.2 Å². The van der Waals surface area contributed by atoms with Crippen LogP contribution in [-0.2, 0) is 14.3 Å². The predicted octanol–water partition coefficient (Wildman–Crippen LogP) is 4.98. The maximum atomic E-state index is 14.7. The van der Waals surface area contributed by atoms with E-state index < -0.39 is 29.5 Å². The first kappa shape index (κ1) is 20.1. The number of ether oxygens (including phenoxy) is 2. The van der Waals surface area contributed by atoms with Crippen LogP contribution in [0.15, 0.2) is 0 Å². The Bertz CT molecular complexity index is 517. The van der Waals surface area contributed by atoms with Crippen molar-refractivity contribution >= 4 is 5.78 Å². The highest BCUT2D eigenvalue weighted by molar-refractivity contribution is 5.79. The average molecular weight is 380 g/mol. The van der Waals surface area contributed by atoms with E-state index in [1.165, 1.54) is 0 Å². The van der Waals surface area contributed by atoms with Gasteiger partial charge in [-0.2, -0.15) is 17.6 Å². The molecule has 3 rings (SSSR count).